The van der Waals surface area contributed by atoms with Gasteiger partial charge in [0.15, 0.2) is 0 Å². The van der Waals surface area contributed by atoms with Gasteiger partial charge in [-0.3, -0.25) is 0 Å². The first-order valence-corrected chi connectivity index (χ1v) is 14.4. The van der Waals surface area contributed by atoms with E-state index in [0.717, 1.165) is 59.2 Å². The van der Waals surface area contributed by atoms with Gasteiger partial charge in [0, 0.05) is 0 Å². The van der Waals surface area contributed by atoms with Crippen LogP contribution in [-0.2, 0) is 0 Å². The lowest BCUT2D eigenvalue weighted by Gasteiger charge is -2.50. The van der Waals surface area contributed by atoms with Crippen LogP contribution in [0.25, 0.3) is 0 Å². The fraction of sp³-hybridized carbons (Fsp3) is 1.00. The van der Waals surface area contributed by atoms with E-state index in [2.05, 4.69) is 41.5 Å². The highest BCUT2D eigenvalue weighted by molar-refractivity contribution is 4.97. The van der Waals surface area contributed by atoms with Gasteiger partial charge in [-0.2, -0.15) is 0 Å². The summed E-state index contributed by atoms with van der Waals surface area (Å²) >= 11 is 0. The molecule has 4 aliphatic rings. The number of unbranched alkanes of at least 4 members (excludes halogenated alkanes) is 1. The van der Waals surface area contributed by atoms with Gasteiger partial charge in [-0.15, -0.1) is 0 Å². The summed E-state index contributed by atoms with van der Waals surface area (Å²) in [5.74, 6) is 10.5. The van der Waals surface area contributed by atoms with Crippen molar-refractivity contribution in [3.05, 3.63) is 0 Å². The van der Waals surface area contributed by atoms with Crippen LogP contribution in [0.1, 0.15) is 131 Å². The van der Waals surface area contributed by atoms with E-state index in [4.69, 9.17) is 0 Å². The largest absolute Gasteiger partial charge is 0.0654 e. The zero-order chi connectivity index (χ0) is 21.7. The number of hydrogen-bond acceptors (Lipinski definition) is 0. The van der Waals surface area contributed by atoms with Crippen LogP contribution < -0.4 is 0 Å². The highest BCUT2D eigenvalue weighted by Crippen LogP contribution is 2.56. The van der Waals surface area contributed by atoms with E-state index >= 15 is 0 Å². The Labute approximate surface area is 190 Å². The molecular weight excluding hydrogens is 360 g/mol. The van der Waals surface area contributed by atoms with Gasteiger partial charge in [0.25, 0.3) is 0 Å². The van der Waals surface area contributed by atoms with Crippen molar-refractivity contribution in [2.75, 3.05) is 0 Å². The Balaban J connectivity index is 0.000000310. The topological polar surface area (TPSA) is 0 Å². The second-order valence-corrected chi connectivity index (χ2v) is 12.9. The van der Waals surface area contributed by atoms with Crippen molar-refractivity contribution >= 4 is 0 Å². The fourth-order valence-electron chi connectivity index (χ4n) is 8.52. The highest BCUT2D eigenvalue weighted by Gasteiger charge is 2.47. The maximum Gasteiger partial charge on any atom is -0.0324 e. The zero-order valence-electron chi connectivity index (χ0n) is 21.7. The van der Waals surface area contributed by atoms with Crippen molar-refractivity contribution in [1.29, 1.82) is 0 Å². The van der Waals surface area contributed by atoms with Gasteiger partial charge in [0.2, 0.25) is 0 Å². The van der Waals surface area contributed by atoms with Gasteiger partial charge in [-0.1, -0.05) is 80.1 Å². The molecule has 4 fully saturated rings. The molecule has 0 nitrogen and oxygen atoms in total. The van der Waals surface area contributed by atoms with Crippen LogP contribution in [0.3, 0.4) is 0 Å². The third kappa shape index (κ3) is 6.28. The van der Waals surface area contributed by atoms with Gasteiger partial charge in [-0.25, -0.2) is 0 Å². The predicted molar refractivity (Wildman–Crippen MR) is 134 cm³/mol. The first kappa shape index (κ1) is 24.6. The lowest BCUT2D eigenvalue weighted by molar-refractivity contribution is -0.00486. The number of fused-ring (bicyclic) bond motifs is 1. The second-order valence-electron chi connectivity index (χ2n) is 12.9. The van der Waals surface area contributed by atoms with Crippen LogP contribution in [0.2, 0.25) is 0 Å². The van der Waals surface area contributed by atoms with Crippen LogP contribution in [0.15, 0.2) is 0 Å². The monoisotopic (exact) mass is 416 g/mol. The number of rotatable bonds is 5. The molecule has 0 heterocycles. The van der Waals surface area contributed by atoms with E-state index in [1.807, 2.05) is 0 Å². The molecule has 0 saturated heterocycles. The third-order valence-corrected chi connectivity index (χ3v) is 10.3. The Kier molecular flexibility index (Phi) is 9.65. The molecule has 0 heteroatoms. The molecule has 0 aliphatic heterocycles. The third-order valence-electron chi connectivity index (χ3n) is 10.3. The molecule has 0 spiro atoms. The van der Waals surface area contributed by atoms with Gasteiger partial charge < -0.3 is 0 Å². The van der Waals surface area contributed by atoms with Gasteiger partial charge in [0.1, 0.15) is 0 Å². The molecule has 4 saturated carbocycles. The molecule has 176 valence electrons. The molecule has 0 aromatic rings. The molecule has 0 amide bonds. The van der Waals surface area contributed by atoms with E-state index in [9.17, 15) is 0 Å². The van der Waals surface area contributed by atoms with Gasteiger partial charge in [-0.05, 0) is 111 Å². The highest BCUT2D eigenvalue weighted by atomic mass is 14.5. The normalized spacial score (nSPS) is 43.9. The molecule has 0 bridgehead atoms. The molecule has 0 N–H and O–H groups in total. The molecule has 4 aliphatic carbocycles. The zero-order valence-corrected chi connectivity index (χ0v) is 21.7. The van der Waals surface area contributed by atoms with Crippen LogP contribution in [-0.4, -0.2) is 0 Å². The summed E-state index contributed by atoms with van der Waals surface area (Å²) in [5.41, 5.74) is 0. The Morgan fingerprint density at radius 2 is 1.40 bits per heavy atom. The van der Waals surface area contributed by atoms with Crippen LogP contribution in [0.4, 0.5) is 0 Å². The standard InChI is InChI=1S/C23H42.C7H14/c1-5-6-9-21-17(4)15-20-8-7-10-22(20)23(21)19-13-11-18(12-14-19)16(2)3;1-6-3-4-7(2)5-6/h16-23H,5-15H2,1-4H3;6-7H,3-5H2,1-2H3. The average molecular weight is 417 g/mol. The molecule has 7 unspecified atom stereocenters. The first-order valence-electron chi connectivity index (χ1n) is 14.4. The average Bonchev–Trinajstić information content (AvgIpc) is 3.34. The van der Waals surface area contributed by atoms with Crippen molar-refractivity contribution in [2.24, 2.45) is 59.2 Å². The van der Waals surface area contributed by atoms with Crippen molar-refractivity contribution < 1.29 is 0 Å². The Morgan fingerprint density at radius 1 is 0.733 bits per heavy atom. The van der Waals surface area contributed by atoms with E-state index in [0.29, 0.717) is 0 Å². The van der Waals surface area contributed by atoms with Crippen molar-refractivity contribution in [3.63, 3.8) is 0 Å². The van der Waals surface area contributed by atoms with Crippen molar-refractivity contribution in [2.45, 2.75) is 131 Å². The van der Waals surface area contributed by atoms with Gasteiger partial charge >= 0.3 is 0 Å². The molecular formula is C30H56. The lowest BCUT2D eigenvalue weighted by Crippen LogP contribution is -2.42. The minimum atomic E-state index is 0.913. The Hall–Kier alpha value is 0. The Morgan fingerprint density at radius 3 is 1.93 bits per heavy atom. The second kappa shape index (κ2) is 11.7. The molecule has 30 heavy (non-hydrogen) atoms. The van der Waals surface area contributed by atoms with E-state index in [1.54, 1.807) is 38.5 Å². The van der Waals surface area contributed by atoms with Crippen LogP contribution in [0, 0.1) is 59.2 Å². The minimum Gasteiger partial charge on any atom is -0.0654 e. The van der Waals surface area contributed by atoms with Crippen molar-refractivity contribution in [3.8, 4) is 0 Å². The van der Waals surface area contributed by atoms with E-state index in [1.165, 1.54) is 51.4 Å². The van der Waals surface area contributed by atoms with Gasteiger partial charge in [0.05, 0.1) is 0 Å². The minimum absolute atomic E-state index is 0.913. The smallest absolute Gasteiger partial charge is 0.0324 e. The summed E-state index contributed by atoms with van der Waals surface area (Å²) in [6.07, 6.45) is 21.3. The molecule has 7 atom stereocenters. The maximum atomic E-state index is 2.61. The summed E-state index contributed by atoms with van der Waals surface area (Å²) in [6, 6.07) is 0. The van der Waals surface area contributed by atoms with E-state index in [-0.39, 0.29) is 0 Å². The molecule has 0 aromatic heterocycles. The quantitative estimate of drug-likeness (QED) is 0.418. The SMILES string of the molecule is CC1CCC(C)C1.CCCCC1C(C)CC2CCCC2C1C1CCC(C(C)C)CC1. The summed E-state index contributed by atoms with van der Waals surface area (Å²) in [4.78, 5) is 0. The summed E-state index contributed by atoms with van der Waals surface area (Å²) in [5, 5.41) is 0. The van der Waals surface area contributed by atoms with E-state index < -0.39 is 0 Å². The lowest BCUT2D eigenvalue weighted by atomic mass is 9.56. The maximum absolute atomic E-state index is 2.61. The summed E-state index contributed by atoms with van der Waals surface area (Å²) in [7, 11) is 0. The molecule has 4 rings (SSSR count). The molecule has 0 aromatic carbocycles. The Bertz CT molecular complexity index is 462. The first-order chi connectivity index (χ1) is 14.4. The van der Waals surface area contributed by atoms with Crippen molar-refractivity contribution in [1.82, 2.24) is 0 Å². The summed E-state index contributed by atoms with van der Waals surface area (Å²) < 4.78 is 0. The molecule has 0 radical (unpaired) electrons. The van der Waals surface area contributed by atoms with Crippen LogP contribution in [0.5, 0.6) is 0 Å². The van der Waals surface area contributed by atoms with Crippen LogP contribution >= 0.6 is 0 Å². The number of hydrogen-bond donors (Lipinski definition) is 0. The fourth-order valence-corrected chi connectivity index (χ4v) is 8.52. The predicted octanol–water partition coefficient (Wildman–Crippen LogP) is 9.77. The summed E-state index contributed by atoms with van der Waals surface area (Å²) in [6.45, 7) is 14.6.